The molecule has 0 radical (unpaired) electrons. The van der Waals surface area contributed by atoms with Crippen LogP contribution in [0.25, 0.3) is 0 Å². The van der Waals surface area contributed by atoms with Gasteiger partial charge in [-0.1, -0.05) is 29.8 Å². The summed E-state index contributed by atoms with van der Waals surface area (Å²) in [5.74, 6) is -0.643. The standard InChI is InChI=1S/C27H26ClF3N4O/c28-22-6-3-18(4-7-22)16-34-10-11-35-24-8-5-21(27(29,30)31)12-20(24)13-23(25(35)17-34)26(36)33-15-19-2-1-9-32-14-19/h1-9,12,14,23,25H,10-11,13,15-17H2,(H,33,36). The van der Waals surface area contributed by atoms with Crippen LogP contribution in [-0.2, 0) is 30.5 Å². The second-order valence-electron chi connectivity index (χ2n) is 9.35. The Bertz CT molecular complexity index is 1220. The van der Waals surface area contributed by atoms with Gasteiger partial charge in [-0.3, -0.25) is 14.7 Å². The lowest BCUT2D eigenvalue weighted by molar-refractivity contribution is -0.137. The summed E-state index contributed by atoms with van der Waals surface area (Å²) in [5, 5.41) is 3.66. The Kier molecular flexibility index (Phi) is 6.90. The fraction of sp³-hybridized carbons (Fsp3) is 0.333. The summed E-state index contributed by atoms with van der Waals surface area (Å²) in [6.45, 7) is 3.03. The van der Waals surface area contributed by atoms with Gasteiger partial charge in [-0.15, -0.1) is 0 Å². The number of nitrogens with zero attached hydrogens (tertiary/aromatic N) is 3. The summed E-state index contributed by atoms with van der Waals surface area (Å²) in [6.07, 6.45) is -0.821. The number of anilines is 1. The molecule has 3 aromatic rings. The highest BCUT2D eigenvalue weighted by molar-refractivity contribution is 6.30. The van der Waals surface area contributed by atoms with Crippen molar-refractivity contribution < 1.29 is 18.0 Å². The number of hydrogen-bond donors (Lipinski definition) is 1. The van der Waals surface area contributed by atoms with Crippen molar-refractivity contribution in [3.05, 3.63) is 94.3 Å². The Morgan fingerprint density at radius 3 is 2.61 bits per heavy atom. The number of piperazine rings is 1. The monoisotopic (exact) mass is 514 g/mol. The zero-order valence-electron chi connectivity index (χ0n) is 19.5. The number of nitrogens with one attached hydrogen (secondary N) is 1. The van der Waals surface area contributed by atoms with Crippen molar-refractivity contribution in [1.29, 1.82) is 0 Å². The van der Waals surface area contributed by atoms with E-state index >= 15 is 0 Å². The second-order valence-corrected chi connectivity index (χ2v) is 9.79. The first kappa shape index (κ1) is 24.6. The molecule has 2 unspecified atom stereocenters. The molecule has 0 spiro atoms. The number of carbonyl (C=O) groups excluding carboxylic acids is 1. The van der Waals surface area contributed by atoms with Gasteiger partial charge >= 0.3 is 6.18 Å². The largest absolute Gasteiger partial charge is 0.416 e. The average Bonchev–Trinajstić information content (AvgIpc) is 2.88. The molecule has 2 aliphatic heterocycles. The van der Waals surface area contributed by atoms with E-state index in [4.69, 9.17) is 11.6 Å². The summed E-state index contributed by atoms with van der Waals surface area (Å²) in [7, 11) is 0. The first-order chi connectivity index (χ1) is 17.3. The summed E-state index contributed by atoms with van der Waals surface area (Å²) in [6, 6.07) is 15.1. The number of carbonyl (C=O) groups is 1. The predicted octanol–water partition coefficient (Wildman–Crippen LogP) is 4.93. The molecule has 188 valence electrons. The van der Waals surface area contributed by atoms with Gasteiger partial charge in [-0.25, -0.2) is 0 Å². The van der Waals surface area contributed by atoms with Crippen LogP contribution in [0.4, 0.5) is 18.9 Å². The van der Waals surface area contributed by atoms with Crippen molar-refractivity contribution in [3.8, 4) is 0 Å². The van der Waals surface area contributed by atoms with Crippen LogP contribution >= 0.6 is 11.6 Å². The van der Waals surface area contributed by atoms with E-state index in [2.05, 4.69) is 20.1 Å². The fourth-order valence-corrected chi connectivity index (χ4v) is 5.30. The normalized spacial score (nSPS) is 19.9. The van der Waals surface area contributed by atoms with E-state index < -0.39 is 17.7 Å². The first-order valence-corrected chi connectivity index (χ1v) is 12.3. The molecular formula is C27H26ClF3N4O. The number of halogens is 4. The minimum Gasteiger partial charge on any atom is -0.365 e. The highest BCUT2D eigenvalue weighted by atomic mass is 35.5. The number of pyridine rings is 1. The van der Waals surface area contributed by atoms with Crippen molar-refractivity contribution in [2.24, 2.45) is 5.92 Å². The van der Waals surface area contributed by atoms with Crippen molar-refractivity contribution in [2.45, 2.75) is 31.7 Å². The van der Waals surface area contributed by atoms with E-state index in [0.29, 0.717) is 36.8 Å². The molecule has 1 saturated heterocycles. The molecule has 2 aromatic carbocycles. The molecule has 5 nitrogen and oxygen atoms in total. The lowest BCUT2D eigenvalue weighted by atomic mass is 9.82. The second kappa shape index (κ2) is 10.1. The maximum atomic E-state index is 13.4. The number of alkyl halides is 3. The van der Waals surface area contributed by atoms with Crippen LogP contribution in [-0.4, -0.2) is 41.5 Å². The number of benzene rings is 2. The molecule has 2 atom stereocenters. The lowest BCUT2D eigenvalue weighted by Crippen LogP contribution is -2.60. The van der Waals surface area contributed by atoms with Crippen LogP contribution in [0, 0.1) is 5.92 Å². The van der Waals surface area contributed by atoms with Gasteiger partial charge in [0.25, 0.3) is 0 Å². The van der Waals surface area contributed by atoms with Crippen LogP contribution in [0.15, 0.2) is 67.0 Å². The number of amides is 1. The van der Waals surface area contributed by atoms with E-state index in [1.807, 2.05) is 30.3 Å². The highest BCUT2D eigenvalue weighted by Crippen LogP contribution is 2.40. The Balaban J connectivity index is 1.40. The molecule has 1 aromatic heterocycles. The Morgan fingerprint density at radius 1 is 1.08 bits per heavy atom. The number of aromatic nitrogens is 1. The van der Waals surface area contributed by atoms with Crippen molar-refractivity contribution >= 4 is 23.2 Å². The van der Waals surface area contributed by atoms with Gasteiger partial charge in [0.05, 0.1) is 17.5 Å². The summed E-state index contributed by atoms with van der Waals surface area (Å²) >= 11 is 6.02. The zero-order valence-corrected chi connectivity index (χ0v) is 20.3. The number of hydrogen-bond acceptors (Lipinski definition) is 4. The van der Waals surface area contributed by atoms with Gasteiger partial charge in [0.1, 0.15) is 0 Å². The van der Waals surface area contributed by atoms with Gasteiger partial charge in [0.15, 0.2) is 0 Å². The van der Waals surface area contributed by atoms with Gasteiger partial charge in [0.2, 0.25) is 5.91 Å². The SMILES string of the molecule is O=C(NCc1cccnc1)C1Cc2cc(C(F)(F)F)ccc2N2CCN(Cc3ccc(Cl)cc3)CC12. The lowest BCUT2D eigenvalue weighted by Gasteiger charge is -2.49. The Hall–Kier alpha value is -3.10. The van der Waals surface area contributed by atoms with Crippen LogP contribution < -0.4 is 10.2 Å². The third-order valence-electron chi connectivity index (χ3n) is 6.97. The van der Waals surface area contributed by atoms with Crippen LogP contribution in [0.3, 0.4) is 0 Å². The smallest absolute Gasteiger partial charge is 0.365 e. The highest BCUT2D eigenvalue weighted by Gasteiger charge is 2.42. The van der Waals surface area contributed by atoms with E-state index in [1.54, 1.807) is 24.5 Å². The van der Waals surface area contributed by atoms with Crippen molar-refractivity contribution in [3.63, 3.8) is 0 Å². The van der Waals surface area contributed by atoms with Crippen LogP contribution in [0.1, 0.15) is 22.3 Å². The fourth-order valence-electron chi connectivity index (χ4n) is 5.17. The van der Waals surface area contributed by atoms with Gasteiger partial charge in [0, 0.05) is 55.8 Å². The van der Waals surface area contributed by atoms with Crippen LogP contribution in [0.5, 0.6) is 0 Å². The molecule has 2 aliphatic rings. The number of rotatable bonds is 5. The van der Waals surface area contributed by atoms with Crippen molar-refractivity contribution in [1.82, 2.24) is 15.2 Å². The third kappa shape index (κ3) is 5.34. The molecule has 1 amide bonds. The summed E-state index contributed by atoms with van der Waals surface area (Å²) < 4.78 is 40.3. The van der Waals surface area contributed by atoms with Crippen LogP contribution in [0.2, 0.25) is 5.02 Å². The van der Waals surface area contributed by atoms with Crippen molar-refractivity contribution in [2.75, 3.05) is 24.5 Å². The van der Waals surface area contributed by atoms with Gasteiger partial charge in [-0.05, 0) is 59.5 Å². The van der Waals surface area contributed by atoms with Gasteiger partial charge < -0.3 is 10.2 Å². The molecule has 3 heterocycles. The van der Waals surface area contributed by atoms with E-state index in [9.17, 15) is 18.0 Å². The molecule has 36 heavy (non-hydrogen) atoms. The molecule has 0 bridgehead atoms. The first-order valence-electron chi connectivity index (χ1n) is 11.9. The molecule has 5 rings (SSSR count). The summed E-state index contributed by atoms with van der Waals surface area (Å²) in [5.41, 5.74) is 2.66. The van der Waals surface area contributed by atoms with E-state index in [-0.39, 0.29) is 18.4 Å². The number of fused-ring (bicyclic) bond motifs is 3. The van der Waals surface area contributed by atoms with E-state index in [0.717, 1.165) is 29.4 Å². The quantitative estimate of drug-likeness (QED) is 0.524. The molecule has 1 fully saturated rings. The Morgan fingerprint density at radius 2 is 1.89 bits per heavy atom. The average molecular weight is 515 g/mol. The molecule has 0 saturated carbocycles. The third-order valence-corrected chi connectivity index (χ3v) is 7.22. The minimum atomic E-state index is -4.43. The molecule has 9 heteroatoms. The molecule has 1 N–H and O–H groups in total. The minimum absolute atomic E-state index is 0.149. The molecule has 0 aliphatic carbocycles. The maximum Gasteiger partial charge on any atom is 0.416 e. The van der Waals surface area contributed by atoms with Gasteiger partial charge in [-0.2, -0.15) is 13.2 Å². The zero-order chi connectivity index (χ0) is 25.3. The predicted molar refractivity (Wildman–Crippen MR) is 133 cm³/mol. The Labute approximate surface area is 212 Å². The maximum absolute atomic E-state index is 13.4. The topological polar surface area (TPSA) is 48.5 Å². The summed E-state index contributed by atoms with van der Waals surface area (Å²) in [4.78, 5) is 21.9. The van der Waals surface area contributed by atoms with E-state index in [1.165, 1.54) is 6.07 Å². The molecular weight excluding hydrogens is 489 g/mol.